The normalized spacial score (nSPS) is 11.3. The molecule has 0 saturated carbocycles. The molecular weight excluding hydrogens is 350 g/mol. The van der Waals surface area contributed by atoms with Crippen LogP contribution in [0.25, 0.3) is 6.08 Å². The Morgan fingerprint density at radius 2 is 2.23 bits per heavy atom. The molecule has 26 heavy (non-hydrogen) atoms. The third-order valence-corrected chi connectivity index (χ3v) is 4.62. The maximum Gasteiger partial charge on any atom is 0.267 e. The summed E-state index contributed by atoms with van der Waals surface area (Å²) >= 11 is 1.32. The van der Waals surface area contributed by atoms with Crippen LogP contribution in [0.3, 0.4) is 0 Å². The lowest BCUT2D eigenvalue weighted by molar-refractivity contribution is -0.117. The van der Waals surface area contributed by atoms with Crippen molar-refractivity contribution in [1.29, 1.82) is 0 Å². The number of amides is 2. The van der Waals surface area contributed by atoms with Gasteiger partial charge in [0.1, 0.15) is 5.70 Å². The number of aryl methyl sites for hydroxylation is 1. The monoisotopic (exact) mass is 369 g/mol. The quantitative estimate of drug-likeness (QED) is 0.556. The maximum atomic E-state index is 12.6. The van der Waals surface area contributed by atoms with Gasteiger partial charge in [-0.3, -0.25) is 9.59 Å². The molecule has 3 N–H and O–H groups in total. The van der Waals surface area contributed by atoms with E-state index in [0.29, 0.717) is 17.8 Å². The molecular formula is C18H19N5O2S. The van der Waals surface area contributed by atoms with Gasteiger partial charge < -0.3 is 20.2 Å². The fourth-order valence-corrected chi connectivity index (χ4v) is 2.97. The Kier molecular flexibility index (Phi) is 5.65. The van der Waals surface area contributed by atoms with Crippen molar-refractivity contribution in [3.8, 4) is 0 Å². The van der Waals surface area contributed by atoms with Crippen LogP contribution >= 0.6 is 11.3 Å². The molecule has 0 atom stereocenters. The van der Waals surface area contributed by atoms with Crippen LogP contribution in [0, 0.1) is 0 Å². The molecule has 2 amide bonds. The number of aromatic nitrogens is 3. The van der Waals surface area contributed by atoms with E-state index in [1.54, 1.807) is 30.7 Å². The maximum absolute atomic E-state index is 12.6. The van der Waals surface area contributed by atoms with Crippen molar-refractivity contribution < 1.29 is 9.59 Å². The second-order valence-electron chi connectivity index (χ2n) is 5.62. The number of imidazole rings is 1. The van der Waals surface area contributed by atoms with Gasteiger partial charge in [-0.15, -0.1) is 11.3 Å². The first kappa shape index (κ1) is 17.7. The summed E-state index contributed by atoms with van der Waals surface area (Å²) in [6.45, 7) is 0.431. The third-order valence-electron chi connectivity index (χ3n) is 3.75. The van der Waals surface area contributed by atoms with Crippen molar-refractivity contribution in [1.82, 2.24) is 25.2 Å². The topological polar surface area (TPSA) is 91.8 Å². The number of hydrogen-bond donors (Lipinski definition) is 3. The van der Waals surface area contributed by atoms with Crippen LogP contribution in [0.15, 0.2) is 54.1 Å². The number of carbonyl (C=O) groups is 2. The van der Waals surface area contributed by atoms with Gasteiger partial charge in [0.15, 0.2) is 0 Å². The van der Waals surface area contributed by atoms with Crippen molar-refractivity contribution in [3.63, 3.8) is 0 Å². The zero-order valence-electron chi connectivity index (χ0n) is 14.2. The molecule has 0 saturated heterocycles. The number of nitrogens with zero attached hydrogens (tertiary/aromatic N) is 2. The van der Waals surface area contributed by atoms with E-state index in [4.69, 9.17) is 0 Å². The Balaban J connectivity index is 1.71. The van der Waals surface area contributed by atoms with Crippen molar-refractivity contribution in [2.45, 2.75) is 6.42 Å². The molecule has 0 aliphatic rings. The van der Waals surface area contributed by atoms with Gasteiger partial charge in [-0.05, 0) is 29.7 Å². The fraction of sp³-hybridized carbons (Fsp3) is 0.167. The van der Waals surface area contributed by atoms with Gasteiger partial charge in [0.05, 0.1) is 11.2 Å². The van der Waals surface area contributed by atoms with Crippen molar-refractivity contribution in [2.24, 2.45) is 7.05 Å². The molecule has 0 fully saturated rings. The second kappa shape index (κ2) is 8.30. The molecule has 134 valence electrons. The highest BCUT2D eigenvalue weighted by Gasteiger charge is 2.15. The number of H-pyrrole nitrogens is 1. The Morgan fingerprint density at radius 3 is 2.88 bits per heavy atom. The number of aromatic amines is 1. The summed E-state index contributed by atoms with van der Waals surface area (Å²) in [7, 11) is 1.88. The average Bonchev–Trinajstić information content (AvgIpc) is 3.37. The molecule has 0 aliphatic carbocycles. The SMILES string of the molecule is Cn1cccc1/C=C(/NC(=O)c1cccs1)C(=O)NCCc1cnc[nH]1. The van der Waals surface area contributed by atoms with E-state index >= 15 is 0 Å². The Morgan fingerprint density at radius 1 is 1.35 bits per heavy atom. The van der Waals surface area contributed by atoms with E-state index in [-0.39, 0.29) is 17.5 Å². The first-order chi connectivity index (χ1) is 12.6. The number of rotatable bonds is 7. The van der Waals surface area contributed by atoms with Crippen LogP contribution in [-0.2, 0) is 18.3 Å². The van der Waals surface area contributed by atoms with E-state index in [2.05, 4.69) is 20.6 Å². The molecule has 3 heterocycles. The van der Waals surface area contributed by atoms with Gasteiger partial charge >= 0.3 is 0 Å². The molecule has 3 aromatic rings. The highest BCUT2D eigenvalue weighted by Crippen LogP contribution is 2.11. The van der Waals surface area contributed by atoms with Crippen LogP contribution in [0.2, 0.25) is 0 Å². The summed E-state index contributed by atoms with van der Waals surface area (Å²) in [5, 5.41) is 7.36. The first-order valence-electron chi connectivity index (χ1n) is 8.07. The summed E-state index contributed by atoms with van der Waals surface area (Å²) < 4.78 is 1.87. The second-order valence-corrected chi connectivity index (χ2v) is 6.56. The van der Waals surface area contributed by atoms with E-state index in [0.717, 1.165) is 11.4 Å². The van der Waals surface area contributed by atoms with Crippen LogP contribution in [0.4, 0.5) is 0 Å². The summed E-state index contributed by atoms with van der Waals surface area (Å²) in [4.78, 5) is 32.4. The first-order valence-corrected chi connectivity index (χ1v) is 8.95. The van der Waals surface area contributed by atoms with Gasteiger partial charge in [-0.25, -0.2) is 4.98 Å². The smallest absolute Gasteiger partial charge is 0.267 e. The van der Waals surface area contributed by atoms with E-state index in [9.17, 15) is 9.59 Å². The Labute approximate surface area is 154 Å². The summed E-state index contributed by atoms with van der Waals surface area (Å²) in [6, 6.07) is 7.26. The van der Waals surface area contributed by atoms with Crippen LogP contribution in [-0.4, -0.2) is 32.9 Å². The van der Waals surface area contributed by atoms with Crippen molar-refractivity contribution in [3.05, 3.63) is 70.3 Å². The fourth-order valence-electron chi connectivity index (χ4n) is 2.35. The molecule has 0 radical (unpaired) electrons. The zero-order chi connectivity index (χ0) is 18.4. The molecule has 0 unspecified atom stereocenters. The van der Waals surface area contributed by atoms with Crippen molar-refractivity contribution in [2.75, 3.05) is 6.54 Å². The molecule has 0 aliphatic heterocycles. The molecule has 0 spiro atoms. The van der Waals surface area contributed by atoms with Gasteiger partial charge in [-0.1, -0.05) is 6.07 Å². The number of nitrogens with one attached hydrogen (secondary N) is 3. The van der Waals surface area contributed by atoms with Crippen LogP contribution in [0.5, 0.6) is 0 Å². The molecule has 0 bridgehead atoms. The molecule has 7 nitrogen and oxygen atoms in total. The highest BCUT2D eigenvalue weighted by molar-refractivity contribution is 7.12. The lowest BCUT2D eigenvalue weighted by Gasteiger charge is -2.10. The highest BCUT2D eigenvalue weighted by atomic mass is 32.1. The lowest BCUT2D eigenvalue weighted by Crippen LogP contribution is -2.35. The van der Waals surface area contributed by atoms with Crippen LogP contribution in [0.1, 0.15) is 21.1 Å². The Hall–Kier alpha value is -3.13. The summed E-state index contributed by atoms with van der Waals surface area (Å²) in [6.07, 6.45) is 7.48. The molecule has 3 rings (SSSR count). The van der Waals surface area contributed by atoms with Crippen molar-refractivity contribution >= 4 is 29.2 Å². The number of thiophene rings is 1. The largest absolute Gasteiger partial charge is 0.351 e. The van der Waals surface area contributed by atoms with Gasteiger partial charge in [0.25, 0.3) is 11.8 Å². The number of carbonyl (C=O) groups excluding carboxylic acids is 2. The van der Waals surface area contributed by atoms with Crippen LogP contribution < -0.4 is 10.6 Å². The molecule has 8 heteroatoms. The molecule has 0 aromatic carbocycles. The van der Waals surface area contributed by atoms with Gasteiger partial charge in [0.2, 0.25) is 0 Å². The number of hydrogen-bond acceptors (Lipinski definition) is 4. The van der Waals surface area contributed by atoms with E-state index < -0.39 is 0 Å². The van der Waals surface area contributed by atoms with Gasteiger partial charge in [0, 0.05) is 43.8 Å². The van der Waals surface area contributed by atoms with Gasteiger partial charge in [-0.2, -0.15) is 0 Å². The lowest BCUT2D eigenvalue weighted by atomic mass is 10.2. The summed E-state index contributed by atoms with van der Waals surface area (Å²) in [5.74, 6) is -0.639. The predicted molar refractivity (Wildman–Crippen MR) is 100 cm³/mol. The summed E-state index contributed by atoms with van der Waals surface area (Å²) in [5.41, 5.74) is 1.95. The zero-order valence-corrected chi connectivity index (χ0v) is 15.0. The molecule has 3 aromatic heterocycles. The minimum atomic E-state index is -0.337. The van der Waals surface area contributed by atoms with E-state index in [1.165, 1.54) is 11.3 Å². The Bertz CT molecular complexity index is 894. The minimum absolute atomic E-state index is 0.204. The average molecular weight is 369 g/mol. The third kappa shape index (κ3) is 4.48. The predicted octanol–water partition coefficient (Wildman–Crippen LogP) is 1.94. The van der Waals surface area contributed by atoms with E-state index in [1.807, 2.05) is 35.3 Å². The minimum Gasteiger partial charge on any atom is -0.351 e. The standard InChI is InChI=1S/C18H19N5O2S/c1-23-8-2-4-14(23)10-15(22-18(25)16-5-3-9-26-16)17(24)20-7-6-13-11-19-12-21-13/h2-5,8-12H,6-7H2,1H3,(H,19,21)(H,20,24)(H,22,25)/b15-10+.